The normalized spacial score (nSPS) is 12.1. The zero-order chi connectivity index (χ0) is 13.7. The number of aromatic nitrogens is 1. The minimum absolute atomic E-state index is 0.129. The lowest BCUT2D eigenvalue weighted by atomic mass is 10.1. The van der Waals surface area contributed by atoms with Crippen molar-refractivity contribution >= 4 is 17.5 Å². The second-order valence-electron chi connectivity index (χ2n) is 4.04. The Kier molecular flexibility index (Phi) is 4.54. The second kappa shape index (κ2) is 6.36. The molecule has 0 aliphatic carbocycles. The van der Waals surface area contributed by atoms with Crippen LogP contribution in [-0.2, 0) is 11.2 Å². The highest BCUT2D eigenvalue weighted by molar-refractivity contribution is 6.30. The molecule has 1 aromatic heterocycles. The van der Waals surface area contributed by atoms with Crippen LogP contribution in [-0.4, -0.2) is 22.7 Å². The van der Waals surface area contributed by atoms with Gasteiger partial charge in [-0.05, 0) is 17.7 Å². The van der Waals surface area contributed by atoms with Gasteiger partial charge in [-0.3, -0.25) is 4.79 Å². The van der Waals surface area contributed by atoms with Gasteiger partial charge >= 0.3 is 0 Å². The molecule has 0 saturated heterocycles. The maximum Gasteiger partial charge on any atom is 0.226 e. The SMILES string of the molecule is O=C(Cc1ccon1)NCC(O)c1ccc(Cl)cc1. The van der Waals surface area contributed by atoms with Crippen LogP contribution in [0.3, 0.4) is 0 Å². The molecule has 0 saturated carbocycles. The van der Waals surface area contributed by atoms with Crippen LogP contribution in [0.25, 0.3) is 0 Å². The zero-order valence-electron chi connectivity index (χ0n) is 10.0. The minimum atomic E-state index is -0.765. The fourth-order valence-electron chi connectivity index (χ4n) is 1.57. The molecule has 0 fully saturated rings. The van der Waals surface area contributed by atoms with E-state index in [1.54, 1.807) is 30.3 Å². The van der Waals surface area contributed by atoms with E-state index >= 15 is 0 Å². The van der Waals surface area contributed by atoms with Crippen molar-refractivity contribution < 1.29 is 14.4 Å². The van der Waals surface area contributed by atoms with E-state index in [0.717, 1.165) is 0 Å². The Morgan fingerprint density at radius 2 is 2.11 bits per heavy atom. The Bertz CT molecular complexity index is 525. The first-order valence-corrected chi connectivity index (χ1v) is 6.12. The summed E-state index contributed by atoms with van der Waals surface area (Å²) >= 11 is 5.76. The van der Waals surface area contributed by atoms with Crippen LogP contribution in [0.5, 0.6) is 0 Å². The number of nitrogens with one attached hydrogen (secondary N) is 1. The van der Waals surface area contributed by atoms with Crippen molar-refractivity contribution in [2.75, 3.05) is 6.54 Å². The molecule has 0 aliphatic heterocycles. The lowest BCUT2D eigenvalue weighted by molar-refractivity contribution is -0.121. The molecule has 1 aromatic carbocycles. The Morgan fingerprint density at radius 3 is 2.74 bits per heavy atom. The van der Waals surface area contributed by atoms with Gasteiger partial charge in [-0.2, -0.15) is 0 Å². The summed E-state index contributed by atoms with van der Waals surface area (Å²) in [6.07, 6.45) is 0.771. The van der Waals surface area contributed by atoms with Crippen molar-refractivity contribution in [2.45, 2.75) is 12.5 Å². The standard InChI is InChI=1S/C13H13ClN2O3/c14-10-3-1-9(2-4-10)12(17)8-15-13(18)7-11-5-6-19-16-11/h1-6,12,17H,7-8H2,(H,15,18). The van der Waals surface area contributed by atoms with Gasteiger partial charge in [-0.15, -0.1) is 0 Å². The molecule has 100 valence electrons. The number of hydrogen-bond acceptors (Lipinski definition) is 4. The van der Waals surface area contributed by atoms with Crippen molar-refractivity contribution in [1.82, 2.24) is 10.5 Å². The van der Waals surface area contributed by atoms with E-state index in [9.17, 15) is 9.90 Å². The quantitative estimate of drug-likeness (QED) is 0.874. The van der Waals surface area contributed by atoms with Crippen molar-refractivity contribution in [2.24, 2.45) is 0 Å². The molecule has 0 bridgehead atoms. The maximum absolute atomic E-state index is 11.6. The van der Waals surface area contributed by atoms with Crippen molar-refractivity contribution in [3.63, 3.8) is 0 Å². The van der Waals surface area contributed by atoms with E-state index in [2.05, 4.69) is 15.0 Å². The molecular formula is C13H13ClN2O3. The minimum Gasteiger partial charge on any atom is -0.387 e. The molecule has 2 aromatic rings. The lowest BCUT2D eigenvalue weighted by Gasteiger charge is -2.12. The fourth-order valence-corrected chi connectivity index (χ4v) is 1.70. The first kappa shape index (κ1) is 13.6. The number of amides is 1. The van der Waals surface area contributed by atoms with E-state index < -0.39 is 6.10 Å². The number of benzene rings is 1. The predicted octanol–water partition coefficient (Wildman–Crippen LogP) is 1.72. The van der Waals surface area contributed by atoms with Crippen molar-refractivity contribution in [3.05, 3.63) is 52.9 Å². The second-order valence-corrected chi connectivity index (χ2v) is 4.48. The zero-order valence-corrected chi connectivity index (χ0v) is 10.8. The molecule has 1 amide bonds. The molecule has 1 unspecified atom stereocenters. The summed E-state index contributed by atoms with van der Waals surface area (Å²) in [6, 6.07) is 8.44. The number of nitrogens with zero attached hydrogens (tertiary/aromatic N) is 1. The molecule has 2 N–H and O–H groups in total. The molecule has 0 spiro atoms. The molecule has 5 nitrogen and oxygen atoms in total. The fraction of sp³-hybridized carbons (Fsp3) is 0.231. The number of hydrogen-bond donors (Lipinski definition) is 2. The Hall–Kier alpha value is -1.85. The molecule has 1 heterocycles. The topological polar surface area (TPSA) is 75.4 Å². The van der Waals surface area contributed by atoms with Crippen LogP contribution in [0.2, 0.25) is 5.02 Å². The maximum atomic E-state index is 11.6. The summed E-state index contributed by atoms with van der Waals surface area (Å²) in [5, 5.41) is 16.8. The highest BCUT2D eigenvalue weighted by atomic mass is 35.5. The Morgan fingerprint density at radius 1 is 1.37 bits per heavy atom. The summed E-state index contributed by atoms with van der Waals surface area (Å²) in [4.78, 5) is 11.6. The highest BCUT2D eigenvalue weighted by Crippen LogP contribution is 2.15. The summed E-state index contributed by atoms with van der Waals surface area (Å²) in [5.74, 6) is -0.220. The van der Waals surface area contributed by atoms with Crippen LogP contribution in [0.15, 0.2) is 41.1 Å². The van der Waals surface area contributed by atoms with E-state index in [1.807, 2.05) is 0 Å². The number of aliphatic hydroxyl groups is 1. The molecule has 0 radical (unpaired) electrons. The van der Waals surface area contributed by atoms with Crippen LogP contribution in [0.1, 0.15) is 17.4 Å². The molecule has 0 aliphatic rings. The number of carbonyl (C=O) groups is 1. The summed E-state index contributed by atoms with van der Waals surface area (Å²) in [5.41, 5.74) is 1.25. The van der Waals surface area contributed by atoms with Gasteiger partial charge in [-0.1, -0.05) is 28.9 Å². The highest BCUT2D eigenvalue weighted by Gasteiger charge is 2.10. The first-order chi connectivity index (χ1) is 9.15. The van der Waals surface area contributed by atoms with Gasteiger partial charge in [0.25, 0.3) is 0 Å². The van der Waals surface area contributed by atoms with Crippen molar-refractivity contribution in [3.8, 4) is 0 Å². The summed E-state index contributed by atoms with van der Waals surface area (Å²) in [7, 11) is 0. The number of halogens is 1. The van der Waals surface area contributed by atoms with Crippen LogP contribution >= 0.6 is 11.6 Å². The van der Waals surface area contributed by atoms with Gasteiger partial charge in [0.05, 0.1) is 18.2 Å². The molecular weight excluding hydrogens is 268 g/mol. The molecule has 1 atom stereocenters. The van der Waals surface area contributed by atoms with Gasteiger partial charge in [-0.25, -0.2) is 0 Å². The third kappa shape index (κ3) is 4.08. The van der Waals surface area contributed by atoms with Gasteiger partial charge in [0.15, 0.2) is 0 Å². The van der Waals surface area contributed by atoms with Gasteiger partial charge < -0.3 is 14.9 Å². The smallest absolute Gasteiger partial charge is 0.226 e. The lowest BCUT2D eigenvalue weighted by Crippen LogP contribution is -2.29. The Balaban J connectivity index is 1.81. The third-order valence-electron chi connectivity index (χ3n) is 2.58. The van der Waals surface area contributed by atoms with E-state index in [1.165, 1.54) is 6.26 Å². The average Bonchev–Trinajstić information content (AvgIpc) is 2.89. The predicted molar refractivity (Wildman–Crippen MR) is 69.6 cm³/mol. The monoisotopic (exact) mass is 280 g/mol. The number of rotatable bonds is 5. The van der Waals surface area contributed by atoms with Crippen molar-refractivity contribution in [1.29, 1.82) is 0 Å². The van der Waals surface area contributed by atoms with Crippen LogP contribution < -0.4 is 5.32 Å². The number of aliphatic hydroxyl groups excluding tert-OH is 1. The first-order valence-electron chi connectivity index (χ1n) is 5.74. The number of carbonyl (C=O) groups excluding carboxylic acids is 1. The van der Waals surface area contributed by atoms with Crippen LogP contribution in [0, 0.1) is 0 Å². The van der Waals surface area contributed by atoms with E-state index in [0.29, 0.717) is 16.3 Å². The molecule has 6 heteroatoms. The Labute approximate surface area is 115 Å². The van der Waals surface area contributed by atoms with Gasteiger partial charge in [0, 0.05) is 17.6 Å². The third-order valence-corrected chi connectivity index (χ3v) is 2.83. The summed E-state index contributed by atoms with van der Waals surface area (Å²) < 4.78 is 4.63. The largest absolute Gasteiger partial charge is 0.387 e. The average molecular weight is 281 g/mol. The van der Waals surface area contributed by atoms with Gasteiger partial charge in [0.1, 0.15) is 6.26 Å². The van der Waals surface area contributed by atoms with Gasteiger partial charge in [0.2, 0.25) is 5.91 Å². The van der Waals surface area contributed by atoms with Crippen LogP contribution in [0.4, 0.5) is 0 Å². The van der Waals surface area contributed by atoms with E-state index in [4.69, 9.17) is 11.6 Å². The molecule has 2 rings (SSSR count). The summed E-state index contributed by atoms with van der Waals surface area (Å²) in [6.45, 7) is 0.137. The molecule has 19 heavy (non-hydrogen) atoms. The van der Waals surface area contributed by atoms with E-state index in [-0.39, 0.29) is 18.9 Å².